The minimum Gasteiger partial charge on any atom is -0.309 e. The molecule has 0 bridgehead atoms. The van der Waals surface area contributed by atoms with Gasteiger partial charge in [-0.15, -0.1) is 0 Å². The third-order valence-corrected chi connectivity index (χ3v) is 21.2. The van der Waals surface area contributed by atoms with Crippen LogP contribution in [0.2, 0.25) is 0 Å². The molecule has 0 N–H and O–H groups in total. The lowest BCUT2D eigenvalue weighted by atomic mass is 9.79. The van der Waals surface area contributed by atoms with E-state index in [1.165, 1.54) is 177 Å². The second-order valence-electron chi connectivity index (χ2n) is 27.3. The molecule has 2 heteroatoms. The highest BCUT2D eigenvalue weighted by Gasteiger charge is 2.39. The molecule has 0 atom stereocenters. The number of para-hydroxylation sites is 3. The Labute approximate surface area is 532 Å². The molecule has 0 spiro atoms. The summed E-state index contributed by atoms with van der Waals surface area (Å²) in [6.07, 6.45) is 4.44. The summed E-state index contributed by atoms with van der Waals surface area (Å²) in [7, 11) is 0. The maximum absolute atomic E-state index is 2.48. The van der Waals surface area contributed by atoms with Crippen LogP contribution in [0, 0.1) is 0 Å². The van der Waals surface area contributed by atoms with Crippen molar-refractivity contribution in [2.24, 2.45) is 0 Å². The highest BCUT2D eigenvalue weighted by atomic mass is 15.0. The van der Waals surface area contributed by atoms with Crippen LogP contribution in [0.1, 0.15) is 86.1 Å². The van der Waals surface area contributed by atoms with E-state index in [1.807, 2.05) is 0 Å². The van der Waals surface area contributed by atoms with Crippen LogP contribution >= 0.6 is 0 Å². The Balaban J connectivity index is 0.581. The van der Waals surface area contributed by atoms with Crippen molar-refractivity contribution in [1.29, 1.82) is 0 Å². The Kier molecular flexibility index (Phi) is 11.5. The summed E-state index contributed by atoms with van der Waals surface area (Å²) in [4.78, 5) is 0. The van der Waals surface area contributed by atoms with Gasteiger partial charge >= 0.3 is 0 Å². The van der Waals surface area contributed by atoms with E-state index in [0.29, 0.717) is 0 Å². The maximum Gasteiger partial charge on any atom is 0.0541 e. The van der Waals surface area contributed by atoms with Gasteiger partial charge in [-0.2, -0.15) is 0 Å². The van der Waals surface area contributed by atoms with Crippen molar-refractivity contribution in [3.63, 3.8) is 0 Å². The lowest BCUT2D eigenvalue weighted by molar-refractivity contribution is 0.660. The normalized spacial score (nSPS) is 14.5. The fourth-order valence-corrected chi connectivity index (χ4v) is 16.2. The van der Waals surface area contributed by atoms with Crippen molar-refractivity contribution in [3.05, 3.63) is 324 Å². The molecule has 18 rings (SSSR count). The van der Waals surface area contributed by atoms with Crippen molar-refractivity contribution in [2.75, 3.05) is 0 Å². The van der Waals surface area contributed by atoms with Gasteiger partial charge in [0.05, 0.1) is 22.1 Å². The summed E-state index contributed by atoms with van der Waals surface area (Å²) in [5.41, 5.74) is 35.4. The first kappa shape index (κ1) is 53.2. The predicted octanol–water partition coefficient (Wildman–Crippen LogP) is 23.6. The second kappa shape index (κ2) is 19.6. The summed E-state index contributed by atoms with van der Waals surface area (Å²) in [6.45, 7) is 14.4. The SMILES string of the molecule is CC1(C)c2cc(-c3ccc(/C=C/c4ccc(-c5ccc6c(c5)c5ccccc5n6-c5ccccc5)cc4)cc3)ccc2-c2ccc(-c3ccc4c(c3)C(C)(C)c3cc(-c5ccc6c(c5)c5ccccc5n6-c5ccc6c(c5)C(C)(C)c5ccccc5-6)ccc3-4)cc21. The number of hydrogen-bond donors (Lipinski definition) is 0. The van der Waals surface area contributed by atoms with Gasteiger partial charge in [-0.3, -0.25) is 0 Å². The number of rotatable bonds is 8. The Hall–Kier alpha value is -10.8. The molecular weight excluding hydrogens is 1100 g/mol. The summed E-state index contributed by atoms with van der Waals surface area (Å²) in [5.74, 6) is 0. The standard InChI is InChI=1S/C89H66N2/c1-87(2)77-21-13-10-18-67(77)72-45-40-66(54-82(72)87)91-84-23-15-12-20-74(84)76-49-60(39-47-86(76)91)62-35-42-69-71-44-37-64(53-81(71)89(5,6)79(69)51-62)63-36-43-70-68-41-34-61(50-78(68)88(3,4)80(70)52-63)58-32-28-56(29-33-58)25-24-55-26-30-57(31-27-55)59-38-46-85-75(48-59)73-19-11-14-22-83(73)90(85)65-16-8-7-9-17-65/h7-54H,1-6H3/b25-24+. The van der Waals surface area contributed by atoms with Gasteiger partial charge in [0.15, 0.2) is 0 Å². The highest BCUT2D eigenvalue weighted by Crippen LogP contribution is 2.55. The first-order valence-electron chi connectivity index (χ1n) is 32.2. The van der Waals surface area contributed by atoms with E-state index in [-0.39, 0.29) is 16.2 Å². The van der Waals surface area contributed by atoms with Crippen LogP contribution in [-0.4, -0.2) is 9.13 Å². The second-order valence-corrected chi connectivity index (χ2v) is 27.3. The predicted molar refractivity (Wildman–Crippen MR) is 385 cm³/mol. The van der Waals surface area contributed by atoms with Gasteiger partial charge in [-0.05, 0) is 207 Å². The summed E-state index contributed by atoms with van der Waals surface area (Å²) in [5, 5.41) is 5.07. The summed E-state index contributed by atoms with van der Waals surface area (Å²) < 4.78 is 4.84. The lowest BCUT2D eigenvalue weighted by Gasteiger charge is -2.24. The van der Waals surface area contributed by atoms with E-state index in [0.717, 1.165) is 0 Å². The molecule has 15 aromatic rings. The Bertz CT molecular complexity index is 5580. The van der Waals surface area contributed by atoms with E-state index >= 15 is 0 Å². The van der Waals surface area contributed by atoms with Gasteiger partial charge in [0, 0.05) is 49.2 Å². The Morgan fingerprint density at radius 3 is 1.02 bits per heavy atom. The zero-order valence-electron chi connectivity index (χ0n) is 52.1. The largest absolute Gasteiger partial charge is 0.309 e. The van der Waals surface area contributed by atoms with Gasteiger partial charge < -0.3 is 9.13 Å². The molecule has 2 aromatic heterocycles. The maximum atomic E-state index is 2.48. The summed E-state index contributed by atoms with van der Waals surface area (Å²) >= 11 is 0. The van der Waals surface area contributed by atoms with Crippen molar-refractivity contribution in [1.82, 2.24) is 9.13 Å². The molecule has 13 aromatic carbocycles. The topological polar surface area (TPSA) is 9.86 Å². The van der Waals surface area contributed by atoms with Gasteiger partial charge in [0.25, 0.3) is 0 Å². The smallest absolute Gasteiger partial charge is 0.0541 e. The molecule has 91 heavy (non-hydrogen) atoms. The molecule has 0 amide bonds. The number of hydrogen-bond acceptors (Lipinski definition) is 0. The van der Waals surface area contributed by atoms with Crippen LogP contribution in [0.4, 0.5) is 0 Å². The zero-order valence-corrected chi connectivity index (χ0v) is 52.1. The Morgan fingerprint density at radius 1 is 0.220 bits per heavy atom. The van der Waals surface area contributed by atoms with Crippen LogP contribution in [0.5, 0.6) is 0 Å². The highest BCUT2D eigenvalue weighted by molar-refractivity contribution is 6.12. The molecule has 2 heterocycles. The van der Waals surface area contributed by atoms with Crippen molar-refractivity contribution in [3.8, 4) is 89.3 Å². The van der Waals surface area contributed by atoms with Crippen molar-refractivity contribution >= 4 is 55.8 Å². The molecule has 0 fully saturated rings. The van der Waals surface area contributed by atoms with Gasteiger partial charge in [-0.25, -0.2) is 0 Å². The first-order valence-corrected chi connectivity index (χ1v) is 32.2. The van der Waals surface area contributed by atoms with Crippen LogP contribution in [0.15, 0.2) is 279 Å². The molecule has 0 saturated heterocycles. The quantitative estimate of drug-likeness (QED) is 0.134. The van der Waals surface area contributed by atoms with Crippen molar-refractivity contribution < 1.29 is 0 Å². The third kappa shape index (κ3) is 8.05. The Morgan fingerprint density at radius 2 is 0.538 bits per heavy atom. The van der Waals surface area contributed by atoms with Crippen LogP contribution in [0.3, 0.4) is 0 Å². The molecule has 2 nitrogen and oxygen atoms in total. The van der Waals surface area contributed by atoms with Gasteiger partial charge in [-0.1, -0.05) is 248 Å². The van der Waals surface area contributed by atoms with E-state index in [4.69, 9.17) is 0 Å². The molecule has 0 saturated carbocycles. The van der Waals surface area contributed by atoms with E-state index in [2.05, 4.69) is 342 Å². The lowest BCUT2D eigenvalue weighted by Crippen LogP contribution is -2.15. The fraction of sp³-hybridized carbons (Fsp3) is 0.101. The first-order chi connectivity index (χ1) is 44.3. The van der Waals surface area contributed by atoms with E-state index < -0.39 is 0 Å². The minimum atomic E-state index is -0.187. The molecule has 3 aliphatic rings. The minimum absolute atomic E-state index is 0.0725. The molecule has 3 aliphatic carbocycles. The monoisotopic (exact) mass is 1160 g/mol. The third-order valence-electron chi connectivity index (χ3n) is 21.2. The van der Waals surface area contributed by atoms with Gasteiger partial charge in [0.2, 0.25) is 0 Å². The molecule has 0 aliphatic heterocycles. The van der Waals surface area contributed by atoms with E-state index in [1.54, 1.807) is 0 Å². The van der Waals surface area contributed by atoms with E-state index in [9.17, 15) is 0 Å². The molecular formula is C89H66N2. The number of aromatic nitrogens is 2. The van der Waals surface area contributed by atoms with Crippen LogP contribution in [0.25, 0.3) is 145 Å². The molecule has 0 unspecified atom stereocenters. The summed E-state index contributed by atoms with van der Waals surface area (Å²) in [6, 6.07) is 105. The average molecular weight is 1160 g/mol. The van der Waals surface area contributed by atoms with Gasteiger partial charge in [0.1, 0.15) is 0 Å². The molecule has 432 valence electrons. The fourth-order valence-electron chi connectivity index (χ4n) is 16.2. The van der Waals surface area contributed by atoms with Crippen molar-refractivity contribution in [2.45, 2.75) is 57.8 Å². The zero-order chi connectivity index (χ0) is 61.1. The molecule has 0 radical (unpaired) electrons. The average Bonchev–Trinajstić information content (AvgIpc) is 1.60. The number of fused-ring (bicyclic) bond motifs is 15. The number of nitrogens with zero attached hydrogens (tertiary/aromatic N) is 2. The van der Waals surface area contributed by atoms with Crippen LogP contribution < -0.4 is 0 Å². The number of benzene rings is 13. The van der Waals surface area contributed by atoms with Crippen LogP contribution in [-0.2, 0) is 16.2 Å².